The number of hydrogen-bond donors (Lipinski definition) is 1. The van der Waals surface area contributed by atoms with Crippen molar-refractivity contribution in [3.63, 3.8) is 0 Å². The molecule has 0 spiro atoms. The third kappa shape index (κ3) is 7.63. The smallest absolute Gasteiger partial charge is 0.310 e. The van der Waals surface area contributed by atoms with Crippen LogP contribution in [0.5, 0.6) is 0 Å². The fourth-order valence-corrected chi connectivity index (χ4v) is 1.45. The summed E-state index contributed by atoms with van der Waals surface area (Å²) in [6.07, 6.45) is 3.58. The number of carboxylic acids is 1. The van der Waals surface area contributed by atoms with E-state index in [4.69, 9.17) is 5.11 Å². The first-order valence-corrected chi connectivity index (χ1v) is 5.32. The van der Waals surface area contributed by atoms with Gasteiger partial charge >= 0.3 is 5.97 Å². The molecule has 0 bridgehead atoms. The topological polar surface area (TPSA) is 40.5 Å². The Balaban J connectivity index is 0. The third-order valence-electron chi connectivity index (χ3n) is 2.39. The van der Waals surface area contributed by atoms with Crippen molar-refractivity contribution in [2.24, 2.45) is 5.41 Å². The van der Waals surface area contributed by atoms with Gasteiger partial charge in [-0.25, -0.2) is 0 Å². The highest BCUT2D eigenvalue weighted by Crippen LogP contribution is 2.16. The SMILES string of the molecule is CCCCCN(C)CC(C)(C)C(=O)O.Cl. The summed E-state index contributed by atoms with van der Waals surface area (Å²) >= 11 is 0. The number of nitrogens with zero attached hydrogens (tertiary/aromatic N) is 1. The zero-order chi connectivity index (χ0) is 11.2. The maximum Gasteiger partial charge on any atom is 0.310 e. The number of hydrogen-bond acceptors (Lipinski definition) is 2. The van der Waals surface area contributed by atoms with E-state index in [1.54, 1.807) is 13.8 Å². The molecule has 15 heavy (non-hydrogen) atoms. The molecule has 0 aromatic heterocycles. The second-order valence-electron chi connectivity index (χ2n) is 4.63. The summed E-state index contributed by atoms with van der Waals surface area (Å²) in [6, 6.07) is 0. The summed E-state index contributed by atoms with van der Waals surface area (Å²) < 4.78 is 0. The van der Waals surface area contributed by atoms with E-state index >= 15 is 0 Å². The molecule has 1 N–H and O–H groups in total. The van der Waals surface area contributed by atoms with Crippen molar-refractivity contribution in [3.8, 4) is 0 Å². The van der Waals surface area contributed by atoms with Crippen LogP contribution in [0.3, 0.4) is 0 Å². The highest BCUT2D eigenvalue weighted by molar-refractivity contribution is 5.85. The van der Waals surface area contributed by atoms with Crippen molar-refractivity contribution >= 4 is 18.4 Å². The number of rotatable bonds is 7. The van der Waals surface area contributed by atoms with Crippen molar-refractivity contribution in [1.82, 2.24) is 4.90 Å². The molecule has 0 aliphatic rings. The Labute approximate surface area is 99.3 Å². The van der Waals surface area contributed by atoms with Crippen LogP contribution < -0.4 is 0 Å². The molecule has 0 unspecified atom stereocenters. The molecular weight excluding hydrogens is 214 g/mol. The normalized spacial score (nSPS) is 11.3. The van der Waals surface area contributed by atoms with Gasteiger partial charge in [0.1, 0.15) is 0 Å². The largest absolute Gasteiger partial charge is 0.481 e. The first-order chi connectivity index (χ1) is 6.40. The van der Waals surface area contributed by atoms with Crippen LogP contribution in [0.2, 0.25) is 0 Å². The Morgan fingerprint density at radius 1 is 1.33 bits per heavy atom. The van der Waals surface area contributed by atoms with Crippen LogP contribution in [0.1, 0.15) is 40.0 Å². The second-order valence-corrected chi connectivity index (χ2v) is 4.63. The molecule has 0 amide bonds. The molecule has 0 radical (unpaired) electrons. The Morgan fingerprint density at radius 2 is 1.87 bits per heavy atom. The molecule has 92 valence electrons. The second kappa shape index (κ2) is 7.94. The summed E-state index contributed by atoms with van der Waals surface area (Å²) in [5.41, 5.74) is -0.638. The third-order valence-corrected chi connectivity index (χ3v) is 2.39. The zero-order valence-electron chi connectivity index (χ0n) is 10.2. The minimum absolute atomic E-state index is 0. The van der Waals surface area contributed by atoms with Crippen molar-refractivity contribution in [1.29, 1.82) is 0 Å². The molecule has 0 aromatic carbocycles. The average molecular weight is 238 g/mol. The number of unbranched alkanes of at least 4 members (excludes halogenated alkanes) is 2. The summed E-state index contributed by atoms with van der Waals surface area (Å²) in [7, 11) is 1.99. The van der Waals surface area contributed by atoms with Crippen LogP contribution in [-0.4, -0.2) is 36.1 Å². The van der Waals surface area contributed by atoms with Crippen LogP contribution in [-0.2, 0) is 4.79 Å². The van der Waals surface area contributed by atoms with Crippen molar-refractivity contribution in [2.45, 2.75) is 40.0 Å². The summed E-state index contributed by atoms with van der Waals surface area (Å²) in [4.78, 5) is 13.0. The Morgan fingerprint density at radius 3 is 2.27 bits per heavy atom. The highest BCUT2D eigenvalue weighted by Gasteiger charge is 2.28. The molecule has 0 atom stereocenters. The van der Waals surface area contributed by atoms with E-state index in [1.807, 2.05) is 7.05 Å². The number of carboxylic acid groups (broad SMARTS) is 1. The lowest BCUT2D eigenvalue weighted by Gasteiger charge is -2.26. The highest BCUT2D eigenvalue weighted by atomic mass is 35.5. The lowest BCUT2D eigenvalue weighted by atomic mass is 9.93. The van der Waals surface area contributed by atoms with Gasteiger partial charge < -0.3 is 10.0 Å². The first-order valence-electron chi connectivity index (χ1n) is 5.32. The minimum atomic E-state index is -0.722. The maximum absolute atomic E-state index is 10.9. The Hall–Kier alpha value is -0.280. The number of aliphatic carboxylic acids is 1. The van der Waals surface area contributed by atoms with Gasteiger partial charge in [0, 0.05) is 6.54 Å². The summed E-state index contributed by atoms with van der Waals surface area (Å²) in [5.74, 6) is -0.722. The molecule has 0 saturated heterocycles. The van der Waals surface area contributed by atoms with Gasteiger partial charge in [0.25, 0.3) is 0 Å². The molecule has 4 heteroatoms. The fraction of sp³-hybridized carbons (Fsp3) is 0.909. The van der Waals surface area contributed by atoms with E-state index < -0.39 is 11.4 Å². The van der Waals surface area contributed by atoms with Crippen LogP contribution in [0, 0.1) is 5.41 Å². The molecule has 0 rings (SSSR count). The van der Waals surface area contributed by atoms with E-state index in [1.165, 1.54) is 12.8 Å². The average Bonchev–Trinajstić information content (AvgIpc) is 2.03. The standard InChI is InChI=1S/C11H23NO2.ClH/c1-5-6-7-8-12(4)9-11(2,3)10(13)14;/h5-9H2,1-4H3,(H,13,14);1H. The lowest BCUT2D eigenvalue weighted by molar-refractivity contribution is -0.147. The van der Waals surface area contributed by atoms with Gasteiger partial charge in [-0.15, -0.1) is 12.4 Å². The first kappa shape index (κ1) is 17.1. The van der Waals surface area contributed by atoms with E-state index in [-0.39, 0.29) is 12.4 Å². The van der Waals surface area contributed by atoms with E-state index in [2.05, 4.69) is 11.8 Å². The number of carbonyl (C=O) groups is 1. The van der Waals surface area contributed by atoms with Gasteiger partial charge in [-0.2, -0.15) is 0 Å². The molecule has 0 aromatic rings. The van der Waals surface area contributed by atoms with Crippen molar-refractivity contribution in [3.05, 3.63) is 0 Å². The molecule has 0 aliphatic carbocycles. The Kier molecular flexibility index (Phi) is 9.07. The van der Waals surface area contributed by atoms with Gasteiger partial charge in [-0.1, -0.05) is 19.8 Å². The zero-order valence-corrected chi connectivity index (χ0v) is 11.1. The van der Waals surface area contributed by atoms with Gasteiger partial charge in [-0.05, 0) is 33.9 Å². The molecular formula is C11H24ClNO2. The molecule has 0 fully saturated rings. The summed E-state index contributed by atoms with van der Waals surface area (Å²) in [6.45, 7) is 7.31. The van der Waals surface area contributed by atoms with Gasteiger partial charge in [0.2, 0.25) is 0 Å². The molecule has 0 heterocycles. The van der Waals surface area contributed by atoms with Crippen LogP contribution in [0.25, 0.3) is 0 Å². The molecule has 3 nitrogen and oxygen atoms in total. The van der Waals surface area contributed by atoms with E-state index in [0.29, 0.717) is 6.54 Å². The van der Waals surface area contributed by atoms with Crippen LogP contribution in [0.15, 0.2) is 0 Å². The van der Waals surface area contributed by atoms with Crippen molar-refractivity contribution < 1.29 is 9.90 Å². The van der Waals surface area contributed by atoms with Gasteiger partial charge in [-0.3, -0.25) is 4.79 Å². The predicted octanol–water partition coefficient (Wildman–Crippen LogP) is 2.64. The van der Waals surface area contributed by atoms with Gasteiger partial charge in [0.05, 0.1) is 5.41 Å². The summed E-state index contributed by atoms with van der Waals surface area (Å²) in [5, 5.41) is 8.94. The van der Waals surface area contributed by atoms with Crippen LogP contribution in [0.4, 0.5) is 0 Å². The number of halogens is 1. The lowest BCUT2D eigenvalue weighted by Crippen LogP contribution is -2.37. The van der Waals surface area contributed by atoms with E-state index in [0.717, 1.165) is 13.0 Å². The molecule has 0 aliphatic heterocycles. The molecule has 0 saturated carbocycles. The minimum Gasteiger partial charge on any atom is -0.481 e. The fourth-order valence-electron chi connectivity index (χ4n) is 1.45. The van der Waals surface area contributed by atoms with Crippen molar-refractivity contribution in [2.75, 3.05) is 20.1 Å². The predicted molar refractivity (Wildman–Crippen MR) is 65.7 cm³/mol. The van der Waals surface area contributed by atoms with Crippen LogP contribution >= 0.6 is 12.4 Å². The van der Waals surface area contributed by atoms with E-state index in [9.17, 15) is 4.79 Å². The van der Waals surface area contributed by atoms with Gasteiger partial charge in [0.15, 0.2) is 0 Å². The monoisotopic (exact) mass is 237 g/mol. The maximum atomic E-state index is 10.9. The quantitative estimate of drug-likeness (QED) is 0.692. The Bertz CT molecular complexity index is 183.